The number of benzene rings is 3. The minimum atomic E-state index is -1.10. The van der Waals surface area contributed by atoms with Crippen molar-refractivity contribution < 1.29 is 18.7 Å². The zero-order chi connectivity index (χ0) is 21.1. The Morgan fingerprint density at radius 2 is 1.70 bits per heavy atom. The molecule has 1 N–H and O–H groups in total. The predicted molar refractivity (Wildman–Crippen MR) is 115 cm³/mol. The van der Waals surface area contributed by atoms with Crippen LogP contribution in [-0.2, 0) is 17.8 Å². The molecule has 0 spiro atoms. The first kappa shape index (κ1) is 20.3. The number of amides is 1. The third kappa shape index (κ3) is 4.00. The molecular formula is C24H19BrFNO3. The Morgan fingerprint density at radius 1 is 1.03 bits per heavy atom. The van der Waals surface area contributed by atoms with Crippen molar-refractivity contribution >= 4 is 27.8 Å². The predicted octanol–water partition coefficient (Wildman–Crippen LogP) is 5.37. The van der Waals surface area contributed by atoms with Gasteiger partial charge < -0.3 is 10.1 Å². The lowest BCUT2D eigenvalue weighted by Gasteiger charge is -2.31. The molecule has 1 aliphatic rings. The molecule has 0 aromatic heterocycles. The molecule has 30 heavy (non-hydrogen) atoms. The maximum atomic E-state index is 13.5. The van der Waals surface area contributed by atoms with Crippen LogP contribution >= 0.6 is 15.9 Å². The smallest absolute Gasteiger partial charge is 0.408 e. The second kappa shape index (κ2) is 8.40. The first-order valence-electron chi connectivity index (χ1n) is 9.52. The summed E-state index contributed by atoms with van der Waals surface area (Å²) in [6.07, 6.45) is -0.265. The third-order valence-electron chi connectivity index (χ3n) is 5.22. The first-order valence-corrected chi connectivity index (χ1v) is 10.3. The lowest BCUT2D eigenvalue weighted by Crippen LogP contribution is -2.46. The molecule has 0 fully saturated rings. The van der Waals surface area contributed by atoms with Crippen LogP contribution in [-0.4, -0.2) is 16.2 Å². The molecule has 0 bridgehead atoms. The van der Waals surface area contributed by atoms with E-state index in [0.29, 0.717) is 17.5 Å². The van der Waals surface area contributed by atoms with Crippen molar-refractivity contribution in [2.24, 2.45) is 0 Å². The van der Waals surface area contributed by atoms with E-state index in [1.807, 2.05) is 48.5 Å². The average Bonchev–Trinajstić information content (AvgIpc) is 3.03. The van der Waals surface area contributed by atoms with E-state index in [1.54, 1.807) is 18.2 Å². The summed E-state index contributed by atoms with van der Waals surface area (Å²) < 4.78 is 17.8. The van der Waals surface area contributed by atoms with Gasteiger partial charge >= 0.3 is 6.09 Å². The van der Waals surface area contributed by atoms with Crippen molar-refractivity contribution in [2.75, 3.05) is 0 Å². The fourth-order valence-electron chi connectivity index (χ4n) is 3.71. The third-order valence-corrected chi connectivity index (χ3v) is 6.32. The van der Waals surface area contributed by atoms with E-state index < -0.39 is 22.3 Å². The number of hydrogen-bond donors (Lipinski definition) is 1. The fraction of sp³-hybridized carbons (Fsp3) is 0.167. The highest BCUT2D eigenvalue weighted by Crippen LogP contribution is 2.45. The van der Waals surface area contributed by atoms with Gasteiger partial charge in [0.2, 0.25) is 0 Å². The van der Waals surface area contributed by atoms with Gasteiger partial charge in [0.05, 0.1) is 6.04 Å². The van der Waals surface area contributed by atoms with Gasteiger partial charge in [0.1, 0.15) is 16.7 Å². The molecule has 3 aromatic rings. The molecule has 0 radical (unpaired) electrons. The highest BCUT2D eigenvalue weighted by molar-refractivity contribution is 9.10. The molecule has 0 aliphatic heterocycles. The molecule has 4 rings (SSSR count). The minimum absolute atomic E-state index is 0.103. The van der Waals surface area contributed by atoms with Gasteiger partial charge in [0, 0.05) is 5.56 Å². The van der Waals surface area contributed by atoms with Crippen molar-refractivity contribution in [2.45, 2.75) is 23.4 Å². The summed E-state index contributed by atoms with van der Waals surface area (Å²) >= 11 is 3.62. The van der Waals surface area contributed by atoms with Crippen LogP contribution in [0.15, 0.2) is 78.9 Å². The topological polar surface area (TPSA) is 55.4 Å². The standard InChI is InChI=1S/C24H19BrFNO3/c25-24(14-18-8-4-5-9-20(18)22(24)28)21(17-10-12-19(26)13-11-17)27-23(29)30-15-16-6-2-1-3-7-16/h1-13,21H,14-15H2,(H,27,29)/t21-,24-/m1/s1. The normalized spacial score (nSPS) is 18.5. The maximum Gasteiger partial charge on any atom is 0.408 e. The number of ketones is 1. The molecule has 1 amide bonds. The molecule has 0 unspecified atom stereocenters. The van der Waals surface area contributed by atoms with Crippen LogP contribution in [0.2, 0.25) is 0 Å². The molecule has 2 atom stereocenters. The lowest BCUT2D eigenvalue weighted by molar-refractivity contribution is 0.0930. The summed E-state index contributed by atoms with van der Waals surface area (Å²) in [5.41, 5.74) is 2.96. The van der Waals surface area contributed by atoms with Crippen LogP contribution in [0.5, 0.6) is 0 Å². The van der Waals surface area contributed by atoms with Crippen molar-refractivity contribution in [1.29, 1.82) is 0 Å². The zero-order valence-electron chi connectivity index (χ0n) is 16.0. The maximum absolute atomic E-state index is 13.5. The van der Waals surface area contributed by atoms with Gasteiger partial charge in [-0.15, -0.1) is 0 Å². The highest BCUT2D eigenvalue weighted by Gasteiger charge is 2.50. The number of nitrogens with one attached hydrogen (secondary N) is 1. The van der Waals surface area contributed by atoms with Crippen LogP contribution < -0.4 is 5.32 Å². The van der Waals surface area contributed by atoms with Gasteiger partial charge in [-0.25, -0.2) is 9.18 Å². The average molecular weight is 468 g/mol. The quantitative estimate of drug-likeness (QED) is 0.513. The molecule has 0 heterocycles. The molecule has 4 nitrogen and oxygen atoms in total. The number of ether oxygens (including phenoxy) is 1. The van der Waals surface area contributed by atoms with Gasteiger partial charge in [-0.05, 0) is 35.2 Å². The van der Waals surface area contributed by atoms with Crippen molar-refractivity contribution in [1.82, 2.24) is 5.32 Å². The van der Waals surface area contributed by atoms with Crippen LogP contribution in [0, 0.1) is 5.82 Å². The molecule has 6 heteroatoms. The van der Waals surface area contributed by atoms with Crippen molar-refractivity contribution in [3.05, 3.63) is 107 Å². The summed E-state index contributed by atoms with van der Waals surface area (Å²) in [6, 6.07) is 21.7. The lowest BCUT2D eigenvalue weighted by atomic mass is 9.89. The van der Waals surface area contributed by atoms with E-state index in [1.165, 1.54) is 12.1 Å². The number of halogens is 2. The Labute approximate surface area is 182 Å². The second-order valence-corrected chi connectivity index (χ2v) is 8.63. The summed E-state index contributed by atoms with van der Waals surface area (Å²) in [7, 11) is 0. The molecule has 1 aliphatic carbocycles. The number of Topliss-reactive ketones (excluding diaryl/α,β-unsaturated/α-hetero) is 1. The highest BCUT2D eigenvalue weighted by atomic mass is 79.9. The Hall–Kier alpha value is -2.99. The van der Waals surface area contributed by atoms with Crippen LogP contribution in [0.4, 0.5) is 9.18 Å². The van der Waals surface area contributed by atoms with E-state index in [2.05, 4.69) is 21.2 Å². The number of carbonyl (C=O) groups is 2. The largest absolute Gasteiger partial charge is 0.445 e. The first-order chi connectivity index (χ1) is 14.5. The fourth-order valence-corrected chi connectivity index (χ4v) is 4.60. The van der Waals surface area contributed by atoms with Gasteiger partial charge in [-0.1, -0.05) is 82.7 Å². The van der Waals surface area contributed by atoms with E-state index in [0.717, 1.165) is 11.1 Å². The SMILES string of the molecule is O=C(N[C@H](c1ccc(F)cc1)[C@]1(Br)Cc2ccccc2C1=O)OCc1ccccc1. The van der Waals surface area contributed by atoms with Gasteiger partial charge in [-0.3, -0.25) is 4.79 Å². The minimum Gasteiger partial charge on any atom is -0.445 e. The van der Waals surface area contributed by atoms with E-state index in [9.17, 15) is 14.0 Å². The van der Waals surface area contributed by atoms with Crippen molar-refractivity contribution in [3.63, 3.8) is 0 Å². The van der Waals surface area contributed by atoms with E-state index in [-0.39, 0.29) is 12.4 Å². The molecule has 3 aromatic carbocycles. The Morgan fingerprint density at radius 3 is 2.40 bits per heavy atom. The monoisotopic (exact) mass is 467 g/mol. The van der Waals surface area contributed by atoms with Gasteiger partial charge in [0.15, 0.2) is 5.78 Å². The molecular weight excluding hydrogens is 449 g/mol. The summed E-state index contributed by atoms with van der Waals surface area (Å²) in [5.74, 6) is -0.524. The molecule has 152 valence electrons. The summed E-state index contributed by atoms with van der Waals surface area (Å²) in [4.78, 5) is 25.9. The number of fused-ring (bicyclic) bond motifs is 1. The molecule has 0 saturated carbocycles. The van der Waals surface area contributed by atoms with Gasteiger partial charge in [0.25, 0.3) is 0 Å². The number of hydrogen-bond acceptors (Lipinski definition) is 3. The van der Waals surface area contributed by atoms with Crippen LogP contribution in [0.1, 0.15) is 33.1 Å². The number of alkyl carbamates (subject to hydrolysis) is 1. The molecule has 0 saturated heterocycles. The Balaban J connectivity index is 1.60. The zero-order valence-corrected chi connectivity index (χ0v) is 17.6. The summed E-state index contributed by atoms with van der Waals surface area (Å²) in [5, 5.41) is 2.82. The van der Waals surface area contributed by atoms with Gasteiger partial charge in [-0.2, -0.15) is 0 Å². The van der Waals surface area contributed by atoms with E-state index in [4.69, 9.17) is 4.74 Å². The number of alkyl halides is 1. The number of rotatable bonds is 5. The van der Waals surface area contributed by atoms with Crippen LogP contribution in [0.3, 0.4) is 0 Å². The van der Waals surface area contributed by atoms with Crippen molar-refractivity contribution in [3.8, 4) is 0 Å². The van der Waals surface area contributed by atoms with E-state index >= 15 is 0 Å². The van der Waals surface area contributed by atoms with Crippen LogP contribution in [0.25, 0.3) is 0 Å². The number of carbonyl (C=O) groups excluding carboxylic acids is 2. The second-order valence-electron chi connectivity index (χ2n) is 7.22. The summed E-state index contributed by atoms with van der Waals surface area (Å²) in [6.45, 7) is 0.103. The Kier molecular flexibility index (Phi) is 5.68. The Bertz CT molecular complexity index is 1070.